The van der Waals surface area contributed by atoms with Gasteiger partial charge in [0.25, 0.3) is 0 Å². The molecule has 0 amide bonds. The van der Waals surface area contributed by atoms with Crippen molar-refractivity contribution in [2.45, 2.75) is 0 Å². The van der Waals surface area contributed by atoms with Gasteiger partial charge >= 0.3 is 5.97 Å². The third-order valence-electron chi connectivity index (χ3n) is 3.25. The number of hydrogen-bond donors (Lipinski definition) is 1. The summed E-state index contributed by atoms with van der Waals surface area (Å²) < 4.78 is 6.62. The summed E-state index contributed by atoms with van der Waals surface area (Å²) in [5.41, 5.74) is 2.57. The molecule has 0 aliphatic rings. The van der Waals surface area contributed by atoms with E-state index in [0.29, 0.717) is 0 Å². The van der Waals surface area contributed by atoms with Crippen LogP contribution in [-0.4, -0.2) is 34.1 Å². The number of aliphatic hydroxyl groups is 1. The van der Waals surface area contributed by atoms with Gasteiger partial charge in [0.15, 0.2) is 0 Å². The molecule has 0 spiro atoms. The predicted molar refractivity (Wildman–Crippen MR) is 94.0 cm³/mol. The van der Waals surface area contributed by atoms with Crippen LogP contribution in [0.3, 0.4) is 0 Å². The first-order chi connectivity index (χ1) is 11.8. The van der Waals surface area contributed by atoms with Gasteiger partial charge in [0.05, 0.1) is 17.2 Å². The Balaban J connectivity index is 1.93. The zero-order chi connectivity index (χ0) is 16.8. The fraction of sp³-hybridized carbons (Fsp3) is 0.111. The first-order valence-electron chi connectivity index (χ1n) is 7.42. The minimum absolute atomic E-state index is 0.00969. The number of carbonyl (C=O) groups is 1. The molecule has 122 valence electrons. The van der Waals surface area contributed by atoms with E-state index in [-0.39, 0.29) is 13.2 Å². The number of thiophene rings is 1. The van der Waals surface area contributed by atoms with Crippen LogP contribution in [0, 0.1) is 0 Å². The van der Waals surface area contributed by atoms with Crippen LogP contribution in [0.5, 0.6) is 0 Å². The average Bonchev–Trinajstić information content (AvgIpc) is 3.28. The first kappa shape index (κ1) is 16.2. The fourth-order valence-corrected chi connectivity index (χ4v) is 2.91. The van der Waals surface area contributed by atoms with Gasteiger partial charge in [0, 0.05) is 17.8 Å². The SMILES string of the molecule is O=C(/C=C/c1cn(-c2ccccc2)nc1-c1cccs1)OCCO. The molecular weight excluding hydrogens is 324 g/mol. The number of hydrogen-bond acceptors (Lipinski definition) is 5. The Hall–Kier alpha value is -2.70. The van der Waals surface area contributed by atoms with Crippen LogP contribution in [0.1, 0.15) is 5.56 Å². The molecule has 1 N–H and O–H groups in total. The number of rotatable bonds is 6. The highest BCUT2D eigenvalue weighted by Gasteiger charge is 2.11. The lowest BCUT2D eigenvalue weighted by molar-refractivity contribution is -0.138. The van der Waals surface area contributed by atoms with Gasteiger partial charge in [-0.3, -0.25) is 0 Å². The molecule has 24 heavy (non-hydrogen) atoms. The molecule has 0 fully saturated rings. The highest BCUT2D eigenvalue weighted by molar-refractivity contribution is 7.13. The summed E-state index contributed by atoms with van der Waals surface area (Å²) in [4.78, 5) is 12.6. The van der Waals surface area contributed by atoms with Crippen molar-refractivity contribution in [3.8, 4) is 16.3 Å². The topological polar surface area (TPSA) is 64.4 Å². The number of nitrogens with zero attached hydrogens (tertiary/aromatic N) is 2. The largest absolute Gasteiger partial charge is 0.460 e. The molecule has 0 aliphatic carbocycles. The maximum absolute atomic E-state index is 11.6. The maximum atomic E-state index is 11.6. The van der Waals surface area contributed by atoms with E-state index >= 15 is 0 Å². The molecule has 6 heteroatoms. The van der Waals surface area contributed by atoms with Crippen molar-refractivity contribution in [3.63, 3.8) is 0 Å². The maximum Gasteiger partial charge on any atom is 0.330 e. The van der Waals surface area contributed by atoms with Crippen molar-refractivity contribution in [1.82, 2.24) is 9.78 Å². The van der Waals surface area contributed by atoms with Crippen LogP contribution in [0.4, 0.5) is 0 Å². The molecule has 0 radical (unpaired) electrons. The number of aliphatic hydroxyl groups excluding tert-OH is 1. The molecule has 1 aromatic carbocycles. The van der Waals surface area contributed by atoms with Gasteiger partial charge in [0.1, 0.15) is 12.3 Å². The van der Waals surface area contributed by atoms with E-state index in [4.69, 9.17) is 9.84 Å². The Kier molecular flexibility index (Phi) is 5.20. The Labute approximate surface area is 143 Å². The molecule has 3 rings (SSSR count). The van der Waals surface area contributed by atoms with E-state index in [0.717, 1.165) is 21.8 Å². The van der Waals surface area contributed by atoms with Crippen LogP contribution in [-0.2, 0) is 9.53 Å². The van der Waals surface area contributed by atoms with Gasteiger partial charge in [-0.05, 0) is 29.7 Å². The highest BCUT2D eigenvalue weighted by Crippen LogP contribution is 2.28. The minimum atomic E-state index is -0.492. The van der Waals surface area contributed by atoms with Crippen molar-refractivity contribution >= 4 is 23.4 Å². The normalized spacial score (nSPS) is 11.0. The number of aromatic nitrogens is 2. The van der Waals surface area contributed by atoms with Gasteiger partial charge in [0.2, 0.25) is 0 Å². The Morgan fingerprint density at radius 3 is 2.79 bits per heavy atom. The third-order valence-corrected chi connectivity index (χ3v) is 4.13. The van der Waals surface area contributed by atoms with Gasteiger partial charge in [-0.2, -0.15) is 5.10 Å². The second-order valence-corrected chi connectivity index (χ2v) is 5.86. The summed E-state index contributed by atoms with van der Waals surface area (Å²) in [6.45, 7) is -0.198. The smallest absolute Gasteiger partial charge is 0.330 e. The monoisotopic (exact) mass is 340 g/mol. The van der Waals surface area contributed by atoms with Crippen LogP contribution in [0.15, 0.2) is 60.1 Å². The molecule has 0 aliphatic heterocycles. The number of esters is 1. The third kappa shape index (κ3) is 3.79. The average molecular weight is 340 g/mol. The van der Waals surface area contributed by atoms with Gasteiger partial charge < -0.3 is 9.84 Å². The van der Waals surface area contributed by atoms with Gasteiger partial charge in [-0.25, -0.2) is 9.48 Å². The number of benzene rings is 1. The van der Waals surface area contributed by atoms with E-state index in [1.54, 1.807) is 22.1 Å². The molecule has 5 nitrogen and oxygen atoms in total. The molecule has 2 aromatic heterocycles. The number of carbonyl (C=O) groups excluding carboxylic acids is 1. The Morgan fingerprint density at radius 1 is 1.25 bits per heavy atom. The minimum Gasteiger partial charge on any atom is -0.460 e. The Morgan fingerprint density at radius 2 is 2.08 bits per heavy atom. The molecule has 0 unspecified atom stereocenters. The van der Waals surface area contributed by atoms with E-state index in [1.165, 1.54) is 6.08 Å². The summed E-state index contributed by atoms with van der Waals surface area (Å²) in [6.07, 6.45) is 4.90. The first-order valence-corrected chi connectivity index (χ1v) is 8.30. The van der Waals surface area contributed by atoms with E-state index in [9.17, 15) is 4.79 Å². The van der Waals surface area contributed by atoms with Crippen LogP contribution in [0.2, 0.25) is 0 Å². The number of ether oxygens (including phenoxy) is 1. The standard InChI is InChI=1S/C18H16N2O3S/c21-10-11-23-17(22)9-8-14-13-20(15-5-2-1-3-6-15)19-18(14)16-7-4-12-24-16/h1-9,12-13,21H,10-11H2/b9-8+. The van der Waals surface area contributed by atoms with Crippen molar-refractivity contribution in [1.29, 1.82) is 0 Å². The van der Waals surface area contributed by atoms with Gasteiger partial charge in [-0.15, -0.1) is 11.3 Å². The summed E-state index contributed by atoms with van der Waals surface area (Å²) in [5.74, 6) is -0.492. The molecule has 0 atom stereocenters. The predicted octanol–water partition coefficient (Wildman–Crippen LogP) is 3.15. The lowest BCUT2D eigenvalue weighted by Gasteiger charge is -1.99. The van der Waals surface area contributed by atoms with Crippen molar-refractivity contribution < 1.29 is 14.6 Å². The molecular formula is C18H16N2O3S. The second kappa shape index (κ2) is 7.72. The van der Waals surface area contributed by atoms with Crippen LogP contribution >= 0.6 is 11.3 Å². The lowest BCUT2D eigenvalue weighted by atomic mass is 10.2. The molecule has 0 bridgehead atoms. The van der Waals surface area contributed by atoms with Crippen LogP contribution < -0.4 is 0 Å². The highest BCUT2D eigenvalue weighted by atomic mass is 32.1. The summed E-state index contributed by atoms with van der Waals surface area (Å²) >= 11 is 1.59. The molecule has 0 saturated heterocycles. The van der Waals surface area contributed by atoms with E-state index in [1.807, 2.05) is 54.0 Å². The molecule has 0 saturated carbocycles. The quantitative estimate of drug-likeness (QED) is 0.553. The zero-order valence-corrected chi connectivity index (χ0v) is 13.6. The van der Waals surface area contributed by atoms with Gasteiger partial charge in [-0.1, -0.05) is 24.3 Å². The Bertz CT molecular complexity index is 823. The van der Waals surface area contributed by atoms with Crippen LogP contribution in [0.25, 0.3) is 22.3 Å². The van der Waals surface area contributed by atoms with E-state index < -0.39 is 5.97 Å². The fourth-order valence-electron chi connectivity index (χ4n) is 2.18. The number of para-hydroxylation sites is 1. The molecule has 3 aromatic rings. The van der Waals surface area contributed by atoms with E-state index in [2.05, 4.69) is 5.10 Å². The summed E-state index contributed by atoms with van der Waals surface area (Å²) in [5, 5.41) is 15.3. The van der Waals surface area contributed by atoms with Crippen molar-refractivity contribution in [3.05, 3.63) is 65.7 Å². The zero-order valence-electron chi connectivity index (χ0n) is 12.8. The molecule has 2 heterocycles. The lowest BCUT2D eigenvalue weighted by Crippen LogP contribution is -2.04. The summed E-state index contributed by atoms with van der Waals surface area (Å²) in [7, 11) is 0. The second-order valence-electron chi connectivity index (χ2n) is 4.91. The van der Waals surface area contributed by atoms with Crippen molar-refractivity contribution in [2.75, 3.05) is 13.2 Å². The summed E-state index contributed by atoms with van der Waals surface area (Å²) in [6, 6.07) is 13.7. The van der Waals surface area contributed by atoms with Crippen molar-refractivity contribution in [2.24, 2.45) is 0 Å².